The molecular weight excluding hydrogens is 100 g/mol. The fourth-order valence-corrected chi connectivity index (χ4v) is 1.27. The van der Waals surface area contributed by atoms with Gasteiger partial charge in [-0.3, -0.25) is 0 Å². The Balaban J connectivity index is 2.37. The molecule has 1 aliphatic carbocycles. The maximum Gasteiger partial charge on any atom is 0.0665 e. The summed E-state index contributed by atoms with van der Waals surface area (Å²) in [4.78, 5) is 0. The van der Waals surface area contributed by atoms with Crippen LogP contribution in [0.2, 0.25) is 0 Å². The molecule has 1 fully saturated rings. The molecule has 0 saturated heterocycles. The maximum absolute atomic E-state index is 5.65. The van der Waals surface area contributed by atoms with Gasteiger partial charge >= 0.3 is 0 Å². The Morgan fingerprint density at radius 2 is 2.25 bits per heavy atom. The monoisotopic (exact) mass is 114 g/mol. The van der Waals surface area contributed by atoms with Crippen LogP contribution in [-0.2, 0) is 0 Å². The van der Waals surface area contributed by atoms with Gasteiger partial charge in [-0.05, 0) is 18.8 Å². The van der Waals surface area contributed by atoms with Crippen molar-refractivity contribution in [3.8, 4) is 0 Å². The van der Waals surface area contributed by atoms with Crippen molar-refractivity contribution in [3.05, 3.63) is 0 Å². The van der Waals surface area contributed by atoms with Gasteiger partial charge in [-0.2, -0.15) is 0 Å². The fraction of sp³-hybridized carbons (Fsp3) is 1.00. The molecule has 0 aromatic carbocycles. The summed E-state index contributed by atoms with van der Waals surface area (Å²) in [5, 5.41) is 0. The highest BCUT2D eigenvalue weighted by Crippen LogP contribution is 2.33. The van der Waals surface area contributed by atoms with Crippen molar-refractivity contribution in [2.24, 2.45) is 17.4 Å². The first kappa shape index (κ1) is 6.05. The summed E-state index contributed by atoms with van der Waals surface area (Å²) in [6.45, 7) is 2.14. The smallest absolute Gasteiger partial charge is 0.0665 e. The zero-order valence-electron chi connectivity index (χ0n) is 5.35. The normalized spacial score (nSPS) is 34.1. The third kappa shape index (κ3) is 0.740. The lowest BCUT2D eigenvalue weighted by molar-refractivity contribution is 0.130. The topological polar surface area (TPSA) is 52.0 Å². The van der Waals surface area contributed by atoms with Crippen LogP contribution >= 0.6 is 0 Å². The molecular formula is C6H14N2. The Kier molecular flexibility index (Phi) is 1.29. The van der Waals surface area contributed by atoms with Crippen molar-refractivity contribution in [2.45, 2.75) is 31.8 Å². The molecule has 0 aromatic heterocycles. The lowest BCUT2D eigenvalue weighted by atomic mass is 9.73. The molecule has 48 valence electrons. The average Bonchev–Trinajstić information content (AvgIpc) is 1.66. The molecule has 0 aromatic rings. The highest BCUT2D eigenvalue weighted by Gasteiger charge is 2.38. The predicted molar refractivity (Wildman–Crippen MR) is 34.1 cm³/mol. The Hall–Kier alpha value is -0.0800. The van der Waals surface area contributed by atoms with Gasteiger partial charge in [0.05, 0.1) is 5.66 Å². The summed E-state index contributed by atoms with van der Waals surface area (Å²) in [6.07, 6.45) is 3.36. The third-order valence-electron chi connectivity index (χ3n) is 2.18. The minimum absolute atomic E-state index is 0.311. The Morgan fingerprint density at radius 3 is 2.25 bits per heavy atom. The second kappa shape index (κ2) is 1.71. The molecule has 1 atom stereocenters. The molecule has 0 spiro atoms. The molecule has 1 saturated carbocycles. The fourth-order valence-electron chi connectivity index (χ4n) is 1.27. The summed E-state index contributed by atoms with van der Waals surface area (Å²) in [7, 11) is 0. The summed E-state index contributed by atoms with van der Waals surface area (Å²) in [6, 6.07) is 0. The standard InChI is InChI=1S/C6H14N2/c1-2-5-3-4-6(5,7)8/h5H,2-4,7-8H2,1H3. The molecule has 2 nitrogen and oxygen atoms in total. The van der Waals surface area contributed by atoms with Gasteiger partial charge in [0, 0.05) is 0 Å². The highest BCUT2D eigenvalue weighted by atomic mass is 15.0. The van der Waals surface area contributed by atoms with Gasteiger partial charge in [0.2, 0.25) is 0 Å². The molecule has 1 rings (SSSR count). The molecule has 1 unspecified atom stereocenters. The first-order valence-electron chi connectivity index (χ1n) is 3.24. The van der Waals surface area contributed by atoms with Crippen LogP contribution in [-0.4, -0.2) is 5.66 Å². The van der Waals surface area contributed by atoms with Crippen LogP contribution in [0.15, 0.2) is 0 Å². The molecule has 2 heteroatoms. The SMILES string of the molecule is CCC1CCC1(N)N. The van der Waals surface area contributed by atoms with Crippen LogP contribution < -0.4 is 11.5 Å². The van der Waals surface area contributed by atoms with Gasteiger partial charge in [0.25, 0.3) is 0 Å². The molecule has 4 N–H and O–H groups in total. The van der Waals surface area contributed by atoms with E-state index in [2.05, 4.69) is 6.92 Å². The number of hydrogen-bond donors (Lipinski definition) is 2. The average molecular weight is 114 g/mol. The van der Waals surface area contributed by atoms with E-state index in [9.17, 15) is 0 Å². The highest BCUT2D eigenvalue weighted by molar-refractivity contribution is 4.94. The van der Waals surface area contributed by atoms with Gasteiger partial charge in [0.15, 0.2) is 0 Å². The maximum atomic E-state index is 5.65. The van der Waals surface area contributed by atoms with Gasteiger partial charge in [0.1, 0.15) is 0 Å². The number of hydrogen-bond acceptors (Lipinski definition) is 2. The predicted octanol–water partition coefficient (Wildman–Crippen LogP) is 0.420. The van der Waals surface area contributed by atoms with Gasteiger partial charge in [-0.15, -0.1) is 0 Å². The zero-order valence-corrected chi connectivity index (χ0v) is 5.35. The van der Waals surface area contributed by atoms with Crippen molar-refractivity contribution in [2.75, 3.05) is 0 Å². The second-order valence-corrected chi connectivity index (χ2v) is 2.76. The van der Waals surface area contributed by atoms with Crippen LogP contribution in [0.25, 0.3) is 0 Å². The van der Waals surface area contributed by atoms with Crippen LogP contribution in [0.5, 0.6) is 0 Å². The minimum Gasteiger partial charge on any atom is -0.313 e. The van der Waals surface area contributed by atoms with E-state index in [1.165, 1.54) is 6.42 Å². The van der Waals surface area contributed by atoms with E-state index in [0.717, 1.165) is 12.8 Å². The zero-order chi connectivity index (χ0) is 6.20. The van der Waals surface area contributed by atoms with Crippen molar-refractivity contribution < 1.29 is 0 Å². The Morgan fingerprint density at radius 1 is 1.62 bits per heavy atom. The van der Waals surface area contributed by atoms with E-state index in [1.807, 2.05) is 0 Å². The van der Waals surface area contributed by atoms with Gasteiger partial charge in [-0.1, -0.05) is 13.3 Å². The van der Waals surface area contributed by atoms with Crippen molar-refractivity contribution in [3.63, 3.8) is 0 Å². The molecule has 0 bridgehead atoms. The van der Waals surface area contributed by atoms with E-state index >= 15 is 0 Å². The van der Waals surface area contributed by atoms with Crippen LogP contribution in [0.1, 0.15) is 26.2 Å². The largest absolute Gasteiger partial charge is 0.313 e. The van der Waals surface area contributed by atoms with Crippen molar-refractivity contribution >= 4 is 0 Å². The van der Waals surface area contributed by atoms with Crippen LogP contribution in [0.3, 0.4) is 0 Å². The first-order valence-corrected chi connectivity index (χ1v) is 3.24. The molecule has 0 radical (unpaired) electrons. The Labute approximate surface area is 50.2 Å². The molecule has 8 heavy (non-hydrogen) atoms. The lowest BCUT2D eigenvalue weighted by Crippen LogP contribution is -2.62. The quantitative estimate of drug-likeness (QED) is 0.485. The summed E-state index contributed by atoms with van der Waals surface area (Å²) >= 11 is 0. The van der Waals surface area contributed by atoms with E-state index in [1.54, 1.807) is 0 Å². The second-order valence-electron chi connectivity index (χ2n) is 2.76. The lowest BCUT2D eigenvalue weighted by Gasteiger charge is -2.43. The first-order chi connectivity index (χ1) is 3.67. The van der Waals surface area contributed by atoms with E-state index in [4.69, 9.17) is 11.5 Å². The number of nitrogens with two attached hydrogens (primary N) is 2. The van der Waals surface area contributed by atoms with Gasteiger partial charge in [-0.25, -0.2) is 0 Å². The molecule has 0 aliphatic heterocycles. The van der Waals surface area contributed by atoms with Gasteiger partial charge < -0.3 is 11.5 Å². The minimum atomic E-state index is -0.311. The number of rotatable bonds is 1. The molecule has 1 aliphatic rings. The third-order valence-corrected chi connectivity index (χ3v) is 2.18. The Bertz CT molecular complexity index is 86.5. The van der Waals surface area contributed by atoms with Crippen LogP contribution in [0.4, 0.5) is 0 Å². The summed E-state index contributed by atoms with van der Waals surface area (Å²) < 4.78 is 0. The van der Waals surface area contributed by atoms with Crippen LogP contribution in [0, 0.1) is 5.92 Å². The molecule has 0 amide bonds. The van der Waals surface area contributed by atoms with E-state index in [0.29, 0.717) is 5.92 Å². The van der Waals surface area contributed by atoms with Crippen molar-refractivity contribution in [1.29, 1.82) is 0 Å². The summed E-state index contributed by atoms with van der Waals surface area (Å²) in [5.74, 6) is 0.586. The van der Waals surface area contributed by atoms with E-state index < -0.39 is 0 Å². The summed E-state index contributed by atoms with van der Waals surface area (Å²) in [5.41, 5.74) is 11.0. The van der Waals surface area contributed by atoms with Crippen molar-refractivity contribution in [1.82, 2.24) is 0 Å². The van der Waals surface area contributed by atoms with E-state index in [-0.39, 0.29) is 5.66 Å². The molecule has 0 heterocycles.